The van der Waals surface area contributed by atoms with Crippen molar-refractivity contribution in [1.82, 2.24) is 19.7 Å². The topological polar surface area (TPSA) is 79.1 Å². The number of hydrogen-bond donors (Lipinski definition) is 0. The number of ether oxygens (including phenoxy) is 2. The molecule has 0 bridgehead atoms. The molecule has 0 amide bonds. The van der Waals surface area contributed by atoms with Crippen molar-refractivity contribution in [2.24, 2.45) is 11.8 Å². The van der Waals surface area contributed by atoms with E-state index < -0.39 is 0 Å². The molecule has 0 radical (unpaired) electrons. The fourth-order valence-electron chi connectivity index (χ4n) is 4.40. The molecule has 2 aromatic carbocycles. The maximum absolute atomic E-state index is 12.1. The molecule has 34 heavy (non-hydrogen) atoms. The van der Waals surface area contributed by atoms with Gasteiger partial charge in [-0.25, -0.2) is 9.97 Å². The zero-order chi connectivity index (χ0) is 23.7. The van der Waals surface area contributed by atoms with Crippen molar-refractivity contribution in [2.75, 3.05) is 20.3 Å². The van der Waals surface area contributed by atoms with E-state index in [0.29, 0.717) is 11.3 Å². The minimum Gasteiger partial charge on any atom is -0.496 e. The molecule has 0 spiro atoms. The van der Waals surface area contributed by atoms with Crippen LogP contribution in [0.4, 0.5) is 0 Å². The third-order valence-electron chi connectivity index (χ3n) is 6.46. The third-order valence-corrected chi connectivity index (χ3v) is 6.46. The van der Waals surface area contributed by atoms with E-state index in [1.807, 2.05) is 54.2 Å². The van der Waals surface area contributed by atoms with E-state index in [1.165, 1.54) is 19.7 Å². The van der Waals surface area contributed by atoms with Gasteiger partial charge in [0.1, 0.15) is 17.8 Å². The normalized spacial score (nSPS) is 18.2. The molecule has 1 saturated carbocycles. The Kier molecular flexibility index (Phi) is 6.11. The third kappa shape index (κ3) is 4.31. The lowest BCUT2D eigenvalue weighted by molar-refractivity contribution is 0.101. The number of aromatic nitrogens is 4. The second-order valence-electron chi connectivity index (χ2n) is 8.75. The Bertz CT molecular complexity index is 1320. The molecule has 0 N–H and O–H groups in total. The molecule has 174 valence electrons. The van der Waals surface area contributed by atoms with Crippen LogP contribution in [0.5, 0.6) is 5.75 Å². The molecule has 7 nitrogen and oxygen atoms in total. The SMILES string of the molecule is C1OCC2CC12.CCn1cc(-c2ncnc3cc(OC)c(C(C)=O)cc23)c(-c2ccccc2)n1. The lowest BCUT2D eigenvalue weighted by Crippen LogP contribution is -1.99. The minimum atomic E-state index is -0.0684. The predicted molar refractivity (Wildman–Crippen MR) is 131 cm³/mol. The van der Waals surface area contributed by atoms with E-state index in [2.05, 4.69) is 9.97 Å². The van der Waals surface area contributed by atoms with E-state index in [4.69, 9.17) is 14.6 Å². The average Bonchev–Trinajstić information content (AvgIpc) is 3.26. The Morgan fingerprint density at radius 2 is 1.88 bits per heavy atom. The summed E-state index contributed by atoms with van der Waals surface area (Å²) in [5.74, 6) is 2.42. The van der Waals surface area contributed by atoms with Crippen molar-refractivity contribution in [3.63, 3.8) is 0 Å². The molecule has 2 unspecified atom stereocenters. The van der Waals surface area contributed by atoms with Crippen LogP contribution in [0.25, 0.3) is 33.4 Å². The molecule has 3 heterocycles. The summed E-state index contributed by atoms with van der Waals surface area (Å²) in [6, 6.07) is 13.6. The summed E-state index contributed by atoms with van der Waals surface area (Å²) in [5, 5.41) is 5.53. The fourth-order valence-corrected chi connectivity index (χ4v) is 4.40. The average molecular weight is 457 g/mol. The van der Waals surface area contributed by atoms with Gasteiger partial charge >= 0.3 is 0 Å². The first-order valence-electron chi connectivity index (χ1n) is 11.6. The van der Waals surface area contributed by atoms with Gasteiger partial charge in [-0.05, 0) is 38.2 Å². The van der Waals surface area contributed by atoms with Gasteiger partial charge in [0.05, 0.1) is 23.9 Å². The summed E-state index contributed by atoms with van der Waals surface area (Å²) in [4.78, 5) is 21.0. The highest BCUT2D eigenvalue weighted by molar-refractivity contribution is 6.04. The van der Waals surface area contributed by atoms with E-state index >= 15 is 0 Å². The number of carbonyl (C=O) groups is 1. The van der Waals surface area contributed by atoms with Gasteiger partial charge in [0.15, 0.2) is 5.78 Å². The molecule has 2 fully saturated rings. The smallest absolute Gasteiger partial charge is 0.163 e. The molecule has 7 heteroatoms. The van der Waals surface area contributed by atoms with E-state index in [0.717, 1.165) is 65.0 Å². The summed E-state index contributed by atoms with van der Waals surface area (Å²) < 4.78 is 12.4. The monoisotopic (exact) mass is 456 g/mol. The summed E-state index contributed by atoms with van der Waals surface area (Å²) in [5.41, 5.74) is 4.73. The highest BCUT2D eigenvalue weighted by Crippen LogP contribution is 2.43. The van der Waals surface area contributed by atoms with Gasteiger partial charge in [-0.3, -0.25) is 9.48 Å². The summed E-state index contributed by atoms with van der Waals surface area (Å²) in [7, 11) is 1.55. The number of carbonyl (C=O) groups excluding carboxylic acids is 1. The highest BCUT2D eigenvalue weighted by Gasteiger charge is 2.41. The Hall–Kier alpha value is -3.58. The lowest BCUT2D eigenvalue weighted by atomic mass is 10.00. The van der Waals surface area contributed by atoms with Crippen molar-refractivity contribution in [2.45, 2.75) is 26.8 Å². The van der Waals surface area contributed by atoms with Gasteiger partial charge in [0.2, 0.25) is 0 Å². The van der Waals surface area contributed by atoms with E-state index in [9.17, 15) is 4.79 Å². The van der Waals surface area contributed by atoms with Gasteiger partial charge in [-0.15, -0.1) is 0 Å². The number of ketones is 1. The zero-order valence-electron chi connectivity index (χ0n) is 19.7. The van der Waals surface area contributed by atoms with Gasteiger partial charge in [-0.2, -0.15) is 5.10 Å². The summed E-state index contributed by atoms with van der Waals surface area (Å²) in [6.07, 6.45) is 4.98. The second-order valence-corrected chi connectivity index (χ2v) is 8.75. The quantitative estimate of drug-likeness (QED) is 0.391. The maximum atomic E-state index is 12.1. The Labute approximate surface area is 198 Å². The molecule has 1 aliphatic heterocycles. The molecule has 1 aliphatic carbocycles. The predicted octanol–water partition coefficient (Wildman–Crippen LogP) is 5.04. The lowest BCUT2D eigenvalue weighted by Gasteiger charge is -2.10. The Morgan fingerprint density at radius 3 is 2.47 bits per heavy atom. The molecular formula is C27H28N4O3. The first kappa shape index (κ1) is 22.2. The molecule has 4 aromatic rings. The number of Topliss-reactive ketones (excluding diaryl/α,β-unsaturated/α-hetero) is 1. The Balaban J connectivity index is 0.000000343. The van der Waals surface area contributed by atoms with Crippen LogP contribution in [0, 0.1) is 11.8 Å². The van der Waals surface area contributed by atoms with Crippen molar-refractivity contribution in [1.29, 1.82) is 0 Å². The van der Waals surface area contributed by atoms with E-state index in [-0.39, 0.29) is 5.78 Å². The number of hydrogen-bond acceptors (Lipinski definition) is 6. The fraction of sp³-hybridized carbons (Fsp3) is 0.333. The number of nitrogens with zero attached hydrogens (tertiary/aromatic N) is 4. The van der Waals surface area contributed by atoms with Crippen LogP contribution in [0.1, 0.15) is 30.6 Å². The number of benzene rings is 2. The molecule has 1 saturated heterocycles. The van der Waals surface area contributed by atoms with Crippen molar-refractivity contribution in [3.05, 3.63) is 60.6 Å². The first-order valence-corrected chi connectivity index (χ1v) is 11.6. The molecule has 2 aromatic heterocycles. The van der Waals surface area contributed by atoms with E-state index in [1.54, 1.807) is 13.2 Å². The number of fused-ring (bicyclic) bond motifs is 2. The molecule has 6 rings (SSSR count). The van der Waals surface area contributed by atoms with Crippen LogP contribution < -0.4 is 4.74 Å². The highest BCUT2D eigenvalue weighted by atomic mass is 16.5. The first-order chi connectivity index (χ1) is 16.6. The number of rotatable bonds is 5. The van der Waals surface area contributed by atoms with Crippen LogP contribution in [0.15, 0.2) is 55.0 Å². The van der Waals surface area contributed by atoms with Gasteiger partial charge in [-0.1, -0.05) is 30.3 Å². The van der Waals surface area contributed by atoms with Gasteiger partial charge < -0.3 is 9.47 Å². The van der Waals surface area contributed by atoms with Gasteiger partial charge in [0, 0.05) is 48.5 Å². The van der Waals surface area contributed by atoms with Crippen molar-refractivity contribution >= 4 is 16.7 Å². The number of aryl methyl sites for hydroxylation is 1. The minimum absolute atomic E-state index is 0.0684. The van der Waals surface area contributed by atoms with Crippen molar-refractivity contribution < 1.29 is 14.3 Å². The van der Waals surface area contributed by atoms with Crippen molar-refractivity contribution in [3.8, 4) is 28.3 Å². The molecule has 2 atom stereocenters. The number of methoxy groups -OCH3 is 1. The van der Waals surface area contributed by atoms with Crippen LogP contribution >= 0.6 is 0 Å². The maximum Gasteiger partial charge on any atom is 0.163 e. The molecular weight excluding hydrogens is 428 g/mol. The summed E-state index contributed by atoms with van der Waals surface area (Å²) in [6.45, 7) is 6.44. The zero-order valence-corrected chi connectivity index (χ0v) is 19.7. The molecule has 2 aliphatic rings. The van der Waals surface area contributed by atoms with Crippen LogP contribution in [-0.2, 0) is 11.3 Å². The summed E-state index contributed by atoms with van der Waals surface area (Å²) >= 11 is 0. The van der Waals surface area contributed by atoms with Crippen LogP contribution in [-0.4, -0.2) is 45.9 Å². The Morgan fingerprint density at radius 1 is 1.12 bits per heavy atom. The largest absolute Gasteiger partial charge is 0.496 e. The van der Waals surface area contributed by atoms with Crippen LogP contribution in [0.2, 0.25) is 0 Å². The second kappa shape index (κ2) is 9.35. The van der Waals surface area contributed by atoms with Crippen LogP contribution in [0.3, 0.4) is 0 Å². The van der Waals surface area contributed by atoms with Gasteiger partial charge in [0.25, 0.3) is 0 Å². The standard InChI is InChI=1S/C22H20N4O2.C5H8O/c1-4-26-12-18(21(25-26)15-8-6-5-7-9-15)22-17-10-16(14(2)27)20(28-3)11-19(17)23-13-24-22;1-4-2-6-3-5(1)4/h5-13H,4H2,1-3H3;4-5H,1-3H2.